The first kappa shape index (κ1) is 69.3. The molecule has 0 aromatic carbocycles. The Kier molecular flexibility index (Phi) is 43.5. The van der Waals surface area contributed by atoms with Crippen LogP contribution in [0.2, 0.25) is 0 Å². The molecule has 14 heteroatoms. The maximum Gasteiger partial charge on any atom is 0.220 e. The molecule has 0 saturated carbocycles. The average molecular weight is 1070 g/mol. The molecule has 2 heterocycles. The summed E-state index contributed by atoms with van der Waals surface area (Å²) in [4.78, 5) is 13.3. The first-order valence-corrected chi connectivity index (χ1v) is 30.7. The third-order valence-electron chi connectivity index (χ3n) is 15.1. The maximum atomic E-state index is 13.3. The van der Waals surface area contributed by atoms with Crippen LogP contribution < -0.4 is 5.32 Å². The fourth-order valence-electron chi connectivity index (χ4n) is 10.1. The van der Waals surface area contributed by atoms with Crippen LogP contribution in [-0.2, 0) is 23.7 Å². The molecular weight excluding hydrogens is 955 g/mol. The summed E-state index contributed by atoms with van der Waals surface area (Å²) in [5, 5.41) is 87.1. The highest BCUT2D eigenvalue weighted by atomic mass is 16.7. The van der Waals surface area contributed by atoms with Crippen molar-refractivity contribution in [1.29, 1.82) is 0 Å². The Balaban J connectivity index is 1.76. The van der Waals surface area contributed by atoms with Gasteiger partial charge in [-0.3, -0.25) is 4.79 Å². The van der Waals surface area contributed by atoms with Gasteiger partial charge >= 0.3 is 0 Å². The van der Waals surface area contributed by atoms with E-state index in [4.69, 9.17) is 18.9 Å². The molecule has 12 unspecified atom stereocenters. The Morgan fingerprint density at radius 2 is 0.853 bits per heavy atom. The van der Waals surface area contributed by atoms with Crippen LogP contribution >= 0.6 is 0 Å². The van der Waals surface area contributed by atoms with E-state index in [1.54, 1.807) is 6.08 Å². The van der Waals surface area contributed by atoms with E-state index < -0.39 is 86.8 Å². The number of carbonyl (C=O) groups excluding carboxylic acids is 1. The molecule has 2 aliphatic rings. The first-order valence-electron chi connectivity index (χ1n) is 30.7. The van der Waals surface area contributed by atoms with E-state index in [9.17, 15) is 45.6 Å². The van der Waals surface area contributed by atoms with E-state index in [-0.39, 0.29) is 18.9 Å². The van der Waals surface area contributed by atoms with Crippen molar-refractivity contribution in [3.63, 3.8) is 0 Å². The second-order valence-electron chi connectivity index (χ2n) is 21.8. The van der Waals surface area contributed by atoms with Crippen molar-refractivity contribution in [3.05, 3.63) is 36.5 Å². The summed E-state index contributed by atoms with van der Waals surface area (Å²) in [6, 6.07) is -0.935. The van der Waals surface area contributed by atoms with Gasteiger partial charge in [-0.1, -0.05) is 237 Å². The van der Waals surface area contributed by atoms with Gasteiger partial charge in [-0.05, 0) is 44.9 Å². The standard InChI is InChI=1S/C61H113NO13/c1-3-5-7-9-11-13-15-17-19-21-23-24-25-26-27-29-31-33-35-37-39-41-43-45-53(66)62-49(50(65)44-42-40-38-36-34-32-30-28-22-20-18-16-14-12-10-8-6-4-2)48-72-60-58(71)56(69)59(52(47-64)74-60)75-61-57(70)55(68)54(67)51(46-63)73-61/h22,28,34,36,42,44,49-52,54-61,63-65,67-71H,3-21,23-27,29-33,35,37-41,43,45-48H2,1-2H3,(H,62,66)/b28-22+,36-34+,44-42+. The summed E-state index contributed by atoms with van der Waals surface area (Å²) in [6.07, 6.45) is 40.4. The van der Waals surface area contributed by atoms with Crippen LogP contribution in [0.15, 0.2) is 36.5 Å². The molecule has 0 spiro atoms. The van der Waals surface area contributed by atoms with Gasteiger partial charge in [-0.25, -0.2) is 0 Å². The van der Waals surface area contributed by atoms with Crippen LogP contribution in [0.1, 0.15) is 251 Å². The second kappa shape index (κ2) is 47.1. The van der Waals surface area contributed by atoms with Crippen molar-refractivity contribution in [2.45, 2.75) is 325 Å². The molecule has 2 fully saturated rings. The molecule has 9 N–H and O–H groups in total. The van der Waals surface area contributed by atoms with Crippen molar-refractivity contribution in [3.8, 4) is 0 Å². The third-order valence-corrected chi connectivity index (χ3v) is 15.1. The van der Waals surface area contributed by atoms with Crippen molar-refractivity contribution in [1.82, 2.24) is 5.32 Å². The van der Waals surface area contributed by atoms with E-state index >= 15 is 0 Å². The van der Waals surface area contributed by atoms with Gasteiger partial charge in [0.1, 0.15) is 48.8 Å². The highest BCUT2D eigenvalue weighted by Crippen LogP contribution is 2.30. The predicted octanol–water partition coefficient (Wildman–Crippen LogP) is 10.6. The molecule has 14 nitrogen and oxygen atoms in total. The van der Waals surface area contributed by atoms with Gasteiger partial charge in [0.05, 0.1) is 32.0 Å². The Morgan fingerprint density at radius 3 is 1.31 bits per heavy atom. The lowest BCUT2D eigenvalue weighted by Gasteiger charge is -2.46. The number of rotatable bonds is 49. The van der Waals surface area contributed by atoms with Crippen LogP contribution in [0.4, 0.5) is 0 Å². The van der Waals surface area contributed by atoms with Crippen LogP contribution in [0, 0.1) is 0 Å². The minimum atomic E-state index is -1.79. The highest BCUT2D eigenvalue weighted by Gasteiger charge is 2.51. The van der Waals surface area contributed by atoms with E-state index in [0.717, 1.165) is 44.9 Å². The van der Waals surface area contributed by atoms with Crippen molar-refractivity contribution in [2.24, 2.45) is 0 Å². The molecule has 1 amide bonds. The number of ether oxygens (including phenoxy) is 4. The molecule has 2 aliphatic heterocycles. The maximum absolute atomic E-state index is 13.3. The summed E-state index contributed by atoms with van der Waals surface area (Å²) in [6.45, 7) is 2.79. The van der Waals surface area contributed by atoms with Gasteiger partial charge in [-0.2, -0.15) is 0 Å². The number of aliphatic hydroxyl groups excluding tert-OH is 8. The van der Waals surface area contributed by atoms with E-state index in [1.807, 2.05) is 6.08 Å². The lowest BCUT2D eigenvalue weighted by Crippen LogP contribution is -2.65. The Hall–Kier alpha value is -1.79. The summed E-state index contributed by atoms with van der Waals surface area (Å²) >= 11 is 0. The van der Waals surface area contributed by atoms with E-state index in [1.165, 1.54) is 173 Å². The molecule has 0 bridgehead atoms. The second-order valence-corrected chi connectivity index (χ2v) is 21.8. The fraction of sp³-hybridized carbons (Fsp3) is 0.885. The van der Waals surface area contributed by atoms with Gasteiger partial charge < -0.3 is 65.1 Å². The molecule has 2 saturated heterocycles. The Morgan fingerprint density at radius 1 is 0.467 bits per heavy atom. The van der Waals surface area contributed by atoms with Gasteiger partial charge in [0, 0.05) is 6.42 Å². The number of amides is 1. The molecule has 0 radical (unpaired) electrons. The zero-order valence-electron chi connectivity index (χ0n) is 47.3. The molecule has 75 heavy (non-hydrogen) atoms. The minimum Gasteiger partial charge on any atom is -0.394 e. The molecule has 12 atom stereocenters. The molecule has 0 aromatic rings. The largest absolute Gasteiger partial charge is 0.394 e. The number of hydrogen-bond donors (Lipinski definition) is 9. The molecule has 440 valence electrons. The van der Waals surface area contributed by atoms with Crippen molar-refractivity contribution in [2.75, 3.05) is 19.8 Å². The van der Waals surface area contributed by atoms with Crippen molar-refractivity contribution < 1.29 is 64.6 Å². The summed E-state index contributed by atoms with van der Waals surface area (Å²) in [7, 11) is 0. The van der Waals surface area contributed by atoms with E-state index in [0.29, 0.717) is 12.8 Å². The number of hydrogen-bond acceptors (Lipinski definition) is 13. The van der Waals surface area contributed by atoms with Gasteiger partial charge in [0.15, 0.2) is 12.6 Å². The predicted molar refractivity (Wildman–Crippen MR) is 300 cm³/mol. The lowest BCUT2D eigenvalue weighted by atomic mass is 9.97. The Labute approximate surface area is 455 Å². The van der Waals surface area contributed by atoms with Gasteiger partial charge in [0.25, 0.3) is 0 Å². The summed E-state index contributed by atoms with van der Waals surface area (Å²) < 4.78 is 22.8. The SMILES string of the molecule is CCCCCCCCCC/C=C/CC/C=C/CC/C=C/C(O)C(COC1OC(CO)C(OC2OC(CO)C(O)C(O)C2O)C(O)C1O)NC(=O)CCCCCCCCCCCCCCCCCCCCCCCCC. The summed E-state index contributed by atoms with van der Waals surface area (Å²) in [5.74, 6) is -0.249. The highest BCUT2D eigenvalue weighted by molar-refractivity contribution is 5.76. The molecule has 0 aromatic heterocycles. The first-order chi connectivity index (χ1) is 36.6. The Bertz CT molecular complexity index is 1400. The lowest BCUT2D eigenvalue weighted by molar-refractivity contribution is -0.359. The normalized spacial score (nSPS) is 25.3. The number of aliphatic hydroxyl groups is 8. The monoisotopic (exact) mass is 1070 g/mol. The average Bonchev–Trinajstić information content (AvgIpc) is 3.41. The fourth-order valence-corrected chi connectivity index (χ4v) is 10.1. The number of nitrogens with one attached hydrogen (secondary N) is 1. The zero-order chi connectivity index (χ0) is 54.6. The topological polar surface area (TPSA) is 228 Å². The van der Waals surface area contributed by atoms with Crippen LogP contribution in [0.25, 0.3) is 0 Å². The smallest absolute Gasteiger partial charge is 0.220 e. The third kappa shape index (κ3) is 32.8. The minimum absolute atomic E-state index is 0.249. The summed E-state index contributed by atoms with van der Waals surface area (Å²) in [5.41, 5.74) is 0. The molecular formula is C61H113NO13. The quantitative estimate of drug-likeness (QED) is 0.0204. The van der Waals surface area contributed by atoms with Crippen LogP contribution in [0.5, 0.6) is 0 Å². The number of carbonyl (C=O) groups is 1. The van der Waals surface area contributed by atoms with Gasteiger partial charge in [0.2, 0.25) is 5.91 Å². The number of unbranched alkanes of at least 4 members (excludes halogenated alkanes) is 32. The molecule has 2 rings (SSSR count). The molecule has 0 aliphatic carbocycles. The van der Waals surface area contributed by atoms with Crippen LogP contribution in [-0.4, -0.2) is 140 Å². The van der Waals surface area contributed by atoms with Crippen LogP contribution in [0.3, 0.4) is 0 Å². The van der Waals surface area contributed by atoms with Gasteiger partial charge in [-0.15, -0.1) is 0 Å². The number of allylic oxidation sites excluding steroid dienone is 5. The van der Waals surface area contributed by atoms with E-state index in [2.05, 4.69) is 43.5 Å². The van der Waals surface area contributed by atoms with Crippen molar-refractivity contribution >= 4 is 5.91 Å². The zero-order valence-corrected chi connectivity index (χ0v) is 47.3.